The molecule has 4 rings (SSSR count). The first-order chi connectivity index (χ1) is 14.6. The lowest BCUT2D eigenvalue weighted by molar-refractivity contribution is -0.117. The number of aliphatic imine (C=N–C) groups is 1. The highest BCUT2D eigenvalue weighted by Crippen LogP contribution is 2.25. The molecule has 3 aromatic carbocycles. The number of anilines is 1. The van der Waals surface area contributed by atoms with E-state index in [0.29, 0.717) is 11.4 Å². The number of carbonyl (C=O) groups excluding carboxylic acids is 2. The van der Waals surface area contributed by atoms with Crippen LogP contribution in [0.25, 0.3) is 0 Å². The SMILES string of the molecule is Cc1ccc2c(c1)NC(=O)[C@@H](NC(=O)OCc1ccccc1)N=C2c1ccccc1. The summed E-state index contributed by atoms with van der Waals surface area (Å²) in [5, 5.41) is 5.44. The molecule has 1 aliphatic rings. The zero-order valence-electron chi connectivity index (χ0n) is 16.5. The van der Waals surface area contributed by atoms with Crippen molar-refractivity contribution in [2.75, 3.05) is 5.32 Å². The van der Waals surface area contributed by atoms with Gasteiger partial charge in [0.25, 0.3) is 5.91 Å². The molecule has 0 fully saturated rings. The predicted octanol–water partition coefficient (Wildman–Crippen LogP) is 4.04. The van der Waals surface area contributed by atoms with E-state index in [0.717, 1.165) is 22.3 Å². The van der Waals surface area contributed by atoms with Crippen molar-refractivity contribution in [1.82, 2.24) is 5.32 Å². The maximum absolute atomic E-state index is 12.8. The molecule has 0 bridgehead atoms. The molecule has 0 aromatic heterocycles. The lowest BCUT2D eigenvalue weighted by Crippen LogP contribution is -2.42. The Balaban J connectivity index is 1.60. The topological polar surface area (TPSA) is 79.8 Å². The summed E-state index contributed by atoms with van der Waals surface area (Å²) in [4.78, 5) is 29.7. The molecule has 6 nitrogen and oxygen atoms in total. The van der Waals surface area contributed by atoms with Crippen LogP contribution in [-0.4, -0.2) is 23.9 Å². The van der Waals surface area contributed by atoms with Gasteiger partial charge < -0.3 is 10.1 Å². The fourth-order valence-corrected chi connectivity index (χ4v) is 3.23. The minimum Gasteiger partial charge on any atom is -0.445 e. The van der Waals surface area contributed by atoms with Gasteiger partial charge in [0.1, 0.15) is 6.61 Å². The van der Waals surface area contributed by atoms with E-state index in [-0.39, 0.29) is 6.61 Å². The van der Waals surface area contributed by atoms with Crippen LogP contribution in [-0.2, 0) is 16.1 Å². The summed E-state index contributed by atoms with van der Waals surface area (Å²) in [6, 6.07) is 24.7. The smallest absolute Gasteiger partial charge is 0.409 e. The third kappa shape index (κ3) is 4.38. The summed E-state index contributed by atoms with van der Waals surface area (Å²) in [6.45, 7) is 2.06. The van der Waals surface area contributed by atoms with Crippen molar-refractivity contribution in [3.8, 4) is 0 Å². The Kier molecular flexibility index (Phi) is 5.57. The second kappa shape index (κ2) is 8.61. The molecular weight excluding hydrogens is 378 g/mol. The van der Waals surface area contributed by atoms with Gasteiger partial charge in [-0.15, -0.1) is 0 Å². The lowest BCUT2D eigenvalue weighted by Gasteiger charge is -2.13. The quantitative estimate of drug-likeness (QED) is 0.695. The molecule has 0 spiro atoms. The van der Waals surface area contributed by atoms with Crippen molar-refractivity contribution < 1.29 is 14.3 Å². The molecule has 0 saturated carbocycles. The van der Waals surface area contributed by atoms with Crippen LogP contribution in [0.2, 0.25) is 0 Å². The Bertz CT molecular complexity index is 1100. The van der Waals surface area contributed by atoms with Gasteiger partial charge in [-0.05, 0) is 24.1 Å². The molecule has 0 saturated heterocycles. The molecule has 1 atom stereocenters. The van der Waals surface area contributed by atoms with Crippen LogP contribution in [0, 0.1) is 6.92 Å². The van der Waals surface area contributed by atoms with Gasteiger partial charge in [-0.2, -0.15) is 0 Å². The maximum Gasteiger partial charge on any atom is 0.409 e. The Labute approximate surface area is 174 Å². The number of hydrogen-bond donors (Lipinski definition) is 2. The van der Waals surface area contributed by atoms with Crippen LogP contribution in [0.4, 0.5) is 10.5 Å². The van der Waals surface area contributed by atoms with Gasteiger partial charge >= 0.3 is 6.09 Å². The zero-order valence-corrected chi connectivity index (χ0v) is 16.5. The number of fused-ring (bicyclic) bond motifs is 1. The number of ether oxygens (including phenoxy) is 1. The highest BCUT2D eigenvalue weighted by molar-refractivity contribution is 6.19. The van der Waals surface area contributed by atoms with Gasteiger partial charge in [0.05, 0.1) is 11.4 Å². The number of nitrogens with zero attached hydrogens (tertiary/aromatic N) is 1. The first-order valence-corrected chi connectivity index (χ1v) is 9.62. The van der Waals surface area contributed by atoms with E-state index in [1.165, 1.54) is 0 Å². The Morgan fingerprint density at radius 3 is 2.47 bits per heavy atom. The van der Waals surface area contributed by atoms with Crippen LogP contribution >= 0.6 is 0 Å². The fraction of sp³-hybridized carbons (Fsp3) is 0.125. The second-order valence-electron chi connectivity index (χ2n) is 6.99. The summed E-state index contributed by atoms with van der Waals surface area (Å²) < 4.78 is 5.26. The van der Waals surface area contributed by atoms with Gasteiger partial charge in [0, 0.05) is 11.1 Å². The molecule has 30 heavy (non-hydrogen) atoms. The van der Waals surface area contributed by atoms with E-state index in [2.05, 4.69) is 15.6 Å². The summed E-state index contributed by atoms with van der Waals surface area (Å²) in [7, 11) is 0. The normalized spacial score (nSPS) is 15.3. The van der Waals surface area contributed by atoms with E-state index < -0.39 is 18.2 Å². The molecule has 0 radical (unpaired) electrons. The average molecular weight is 399 g/mol. The molecule has 2 amide bonds. The molecule has 1 aliphatic heterocycles. The highest BCUT2D eigenvalue weighted by atomic mass is 16.5. The number of hydrogen-bond acceptors (Lipinski definition) is 4. The molecule has 0 aliphatic carbocycles. The number of carbonyl (C=O) groups is 2. The van der Waals surface area contributed by atoms with Crippen LogP contribution in [0.3, 0.4) is 0 Å². The standard InChI is InChI=1S/C24H21N3O3/c1-16-12-13-19-20(14-16)25-23(28)22(26-21(19)18-10-6-3-7-11-18)27-24(29)30-15-17-8-4-2-5-9-17/h2-14,22H,15H2,1H3,(H,25,28)(H,27,29)/t22-/m1/s1. The summed E-state index contributed by atoms with van der Waals surface area (Å²) in [5.74, 6) is -0.426. The van der Waals surface area contributed by atoms with Crippen LogP contribution in [0.15, 0.2) is 83.9 Å². The first kappa shape index (κ1) is 19.4. The Hall–Kier alpha value is -3.93. The minimum absolute atomic E-state index is 0.107. The van der Waals surface area contributed by atoms with Crippen LogP contribution in [0.5, 0.6) is 0 Å². The second-order valence-corrected chi connectivity index (χ2v) is 6.99. The molecule has 150 valence electrons. The number of alkyl carbamates (subject to hydrolysis) is 1. The third-order valence-electron chi connectivity index (χ3n) is 4.71. The van der Waals surface area contributed by atoms with Gasteiger partial charge in [-0.3, -0.25) is 10.1 Å². The molecular formula is C24H21N3O3. The highest BCUT2D eigenvalue weighted by Gasteiger charge is 2.27. The predicted molar refractivity (Wildman–Crippen MR) is 115 cm³/mol. The van der Waals surface area contributed by atoms with E-state index in [4.69, 9.17) is 4.74 Å². The number of benzene rings is 3. The number of rotatable bonds is 4. The summed E-state index contributed by atoms with van der Waals surface area (Å²) in [5.41, 5.74) is 4.79. The monoisotopic (exact) mass is 399 g/mol. The van der Waals surface area contributed by atoms with Gasteiger partial charge in [0.15, 0.2) is 0 Å². The minimum atomic E-state index is -1.11. The number of amides is 2. The number of aryl methyl sites for hydroxylation is 1. The summed E-state index contributed by atoms with van der Waals surface area (Å²) in [6.07, 6.45) is -1.83. The zero-order chi connectivity index (χ0) is 20.9. The van der Waals surface area contributed by atoms with E-state index in [1.807, 2.05) is 85.8 Å². The molecule has 3 aromatic rings. The molecule has 0 unspecified atom stereocenters. The van der Waals surface area contributed by atoms with Crippen molar-refractivity contribution in [2.45, 2.75) is 19.7 Å². The Morgan fingerprint density at radius 2 is 1.73 bits per heavy atom. The van der Waals surface area contributed by atoms with Crippen LogP contribution in [0.1, 0.15) is 22.3 Å². The van der Waals surface area contributed by atoms with E-state index >= 15 is 0 Å². The van der Waals surface area contributed by atoms with Crippen molar-refractivity contribution in [3.05, 3.63) is 101 Å². The van der Waals surface area contributed by atoms with Crippen LogP contribution < -0.4 is 10.6 Å². The largest absolute Gasteiger partial charge is 0.445 e. The summed E-state index contributed by atoms with van der Waals surface area (Å²) >= 11 is 0. The van der Waals surface area contributed by atoms with E-state index in [1.54, 1.807) is 0 Å². The molecule has 6 heteroatoms. The van der Waals surface area contributed by atoms with Crippen molar-refractivity contribution >= 4 is 23.4 Å². The van der Waals surface area contributed by atoms with Gasteiger partial charge in [-0.1, -0.05) is 72.8 Å². The maximum atomic E-state index is 12.8. The lowest BCUT2D eigenvalue weighted by atomic mass is 9.99. The Morgan fingerprint density at radius 1 is 1.03 bits per heavy atom. The molecule has 2 N–H and O–H groups in total. The number of benzodiazepines with no additional fused rings is 1. The van der Waals surface area contributed by atoms with Gasteiger partial charge in [0.2, 0.25) is 6.17 Å². The number of nitrogens with one attached hydrogen (secondary N) is 2. The van der Waals surface area contributed by atoms with E-state index in [9.17, 15) is 9.59 Å². The first-order valence-electron chi connectivity index (χ1n) is 9.62. The fourth-order valence-electron chi connectivity index (χ4n) is 3.23. The molecule has 1 heterocycles. The van der Waals surface area contributed by atoms with Gasteiger partial charge in [-0.25, -0.2) is 9.79 Å². The van der Waals surface area contributed by atoms with Crippen molar-refractivity contribution in [2.24, 2.45) is 4.99 Å². The third-order valence-corrected chi connectivity index (χ3v) is 4.71. The van der Waals surface area contributed by atoms with Crippen molar-refractivity contribution in [1.29, 1.82) is 0 Å². The van der Waals surface area contributed by atoms with Crippen molar-refractivity contribution in [3.63, 3.8) is 0 Å². The average Bonchev–Trinajstić information content (AvgIpc) is 2.89.